The number of carbonyl (C=O) groups excluding carboxylic acids is 3. The molecule has 144 valence electrons. The summed E-state index contributed by atoms with van der Waals surface area (Å²) < 4.78 is 6.14. The van der Waals surface area contributed by atoms with Gasteiger partial charge in [0.25, 0.3) is 11.8 Å². The van der Waals surface area contributed by atoms with Gasteiger partial charge in [0.05, 0.1) is 16.8 Å². The maximum atomic E-state index is 13.0. The molecule has 28 heavy (non-hydrogen) atoms. The third-order valence-corrected chi connectivity index (χ3v) is 5.18. The lowest BCUT2D eigenvalue weighted by atomic mass is 10.1. The Morgan fingerprint density at radius 3 is 2.64 bits per heavy atom. The van der Waals surface area contributed by atoms with E-state index in [0.717, 1.165) is 4.90 Å². The number of ether oxygens (including phenoxy) is 1. The third-order valence-electron chi connectivity index (χ3n) is 4.15. The Bertz CT molecular complexity index is 1020. The van der Waals surface area contributed by atoms with Crippen LogP contribution < -0.4 is 15.0 Å². The summed E-state index contributed by atoms with van der Waals surface area (Å²) in [6, 6.07) is 9.25. The minimum atomic E-state index is -0.814. The first kappa shape index (κ1) is 20.1. The Labute approximate surface area is 175 Å². The number of hydrogen-bond acceptors (Lipinski definition) is 4. The van der Waals surface area contributed by atoms with Crippen LogP contribution in [0.25, 0.3) is 6.08 Å². The lowest BCUT2D eigenvalue weighted by Crippen LogP contribution is -2.54. The Kier molecular flexibility index (Phi) is 5.86. The Morgan fingerprint density at radius 2 is 1.96 bits per heavy atom. The molecule has 4 amide bonds. The summed E-state index contributed by atoms with van der Waals surface area (Å²) in [7, 11) is 0. The normalized spacial score (nSPS) is 15.8. The van der Waals surface area contributed by atoms with Gasteiger partial charge >= 0.3 is 6.03 Å². The molecule has 6 nitrogen and oxygen atoms in total. The van der Waals surface area contributed by atoms with Gasteiger partial charge in [0, 0.05) is 5.02 Å². The zero-order chi connectivity index (χ0) is 20.4. The molecule has 1 saturated heterocycles. The summed E-state index contributed by atoms with van der Waals surface area (Å²) in [5, 5.41) is 2.61. The maximum absolute atomic E-state index is 13.0. The van der Waals surface area contributed by atoms with Crippen LogP contribution in [-0.4, -0.2) is 24.5 Å². The van der Waals surface area contributed by atoms with Gasteiger partial charge in [-0.25, -0.2) is 9.69 Å². The highest BCUT2D eigenvalue weighted by molar-refractivity contribution is 9.10. The summed E-state index contributed by atoms with van der Waals surface area (Å²) in [5.41, 5.74) is 1.33. The fourth-order valence-electron chi connectivity index (χ4n) is 2.76. The highest BCUT2D eigenvalue weighted by Gasteiger charge is 2.37. The number of anilines is 1. The lowest BCUT2D eigenvalue weighted by Gasteiger charge is -2.27. The van der Waals surface area contributed by atoms with Crippen LogP contribution in [0.2, 0.25) is 5.02 Å². The quantitative estimate of drug-likeness (QED) is 0.536. The average Bonchev–Trinajstić information content (AvgIpc) is 2.64. The summed E-state index contributed by atoms with van der Waals surface area (Å²) in [6.45, 7) is 4.08. The van der Waals surface area contributed by atoms with Crippen molar-refractivity contribution < 1.29 is 19.1 Å². The van der Waals surface area contributed by atoms with Crippen molar-refractivity contribution in [1.82, 2.24) is 5.32 Å². The molecule has 2 aromatic rings. The van der Waals surface area contributed by atoms with Gasteiger partial charge < -0.3 is 4.74 Å². The number of halogens is 2. The minimum Gasteiger partial charge on any atom is -0.493 e. The summed E-state index contributed by atoms with van der Waals surface area (Å²) in [4.78, 5) is 38.5. The summed E-state index contributed by atoms with van der Waals surface area (Å²) in [5.74, 6) is -0.824. The van der Waals surface area contributed by atoms with E-state index < -0.39 is 17.8 Å². The molecule has 8 heteroatoms. The molecule has 0 aliphatic carbocycles. The molecule has 0 radical (unpaired) electrons. The molecule has 1 aliphatic heterocycles. The van der Waals surface area contributed by atoms with Gasteiger partial charge in [0.15, 0.2) is 0 Å². The van der Waals surface area contributed by atoms with E-state index in [-0.39, 0.29) is 5.57 Å². The molecule has 2 aromatic carbocycles. The standard InChI is InChI=1S/C20H16BrClN2O4/c1-3-28-17-8-7-12(10-14(17)21)9-13-18(25)23-20(27)24(19(13)26)16-6-4-5-15(22)11(16)2/h4-10H,3H2,1-2H3,(H,23,25,27)/b13-9+. The zero-order valence-corrected chi connectivity index (χ0v) is 17.4. The van der Waals surface area contributed by atoms with Gasteiger partial charge in [0.2, 0.25) is 0 Å². The van der Waals surface area contributed by atoms with Crippen LogP contribution in [-0.2, 0) is 9.59 Å². The van der Waals surface area contributed by atoms with E-state index in [0.29, 0.717) is 38.7 Å². The van der Waals surface area contributed by atoms with Crippen LogP contribution in [0.4, 0.5) is 10.5 Å². The Hall–Kier alpha value is -2.64. The van der Waals surface area contributed by atoms with E-state index in [4.69, 9.17) is 16.3 Å². The second kappa shape index (κ2) is 8.16. The van der Waals surface area contributed by atoms with E-state index in [1.807, 2.05) is 6.92 Å². The predicted octanol–water partition coefficient (Wildman–Crippen LogP) is 4.48. The second-order valence-corrected chi connectivity index (χ2v) is 7.23. The van der Waals surface area contributed by atoms with E-state index in [2.05, 4.69) is 21.2 Å². The summed E-state index contributed by atoms with van der Waals surface area (Å²) in [6.07, 6.45) is 1.43. The van der Waals surface area contributed by atoms with Crippen molar-refractivity contribution in [2.45, 2.75) is 13.8 Å². The highest BCUT2D eigenvalue weighted by atomic mass is 79.9. The van der Waals surface area contributed by atoms with Gasteiger partial charge in [-0.05, 0) is 71.2 Å². The number of imide groups is 2. The number of urea groups is 1. The van der Waals surface area contributed by atoms with Crippen molar-refractivity contribution >= 4 is 57.1 Å². The van der Waals surface area contributed by atoms with E-state index in [9.17, 15) is 14.4 Å². The van der Waals surface area contributed by atoms with Gasteiger partial charge in [-0.2, -0.15) is 0 Å². The van der Waals surface area contributed by atoms with Crippen molar-refractivity contribution in [3.63, 3.8) is 0 Å². The molecule has 1 heterocycles. The molecule has 0 bridgehead atoms. The fraction of sp³-hybridized carbons (Fsp3) is 0.150. The number of hydrogen-bond donors (Lipinski definition) is 1. The Balaban J connectivity index is 2.01. The molecule has 0 aromatic heterocycles. The maximum Gasteiger partial charge on any atom is 0.335 e. The van der Waals surface area contributed by atoms with Gasteiger partial charge in [-0.15, -0.1) is 0 Å². The average molecular weight is 464 g/mol. The molecule has 1 aliphatic rings. The number of rotatable bonds is 4. The fourth-order valence-corrected chi connectivity index (χ4v) is 3.44. The highest BCUT2D eigenvalue weighted by Crippen LogP contribution is 2.30. The Morgan fingerprint density at radius 1 is 1.21 bits per heavy atom. The van der Waals surface area contributed by atoms with Crippen LogP contribution in [0, 0.1) is 6.92 Å². The third kappa shape index (κ3) is 3.81. The molecule has 3 rings (SSSR count). The molecule has 0 atom stereocenters. The van der Waals surface area contributed by atoms with Gasteiger partial charge in [-0.1, -0.05) is 23.7 Å². The number of nitrogens with zero attached hydrogens (tertiary/aromatic N) is 1. The minimum absolute atomic E-state index is 0.157. The molecule has 0 unspecified atom stereocenters. The molecular formula is C20H16BrClN2O4. The number of amides is 4. The predicted molar refractivity (Wildman–Crippen MR) is 111 cm³/mol. The lowest BCUT2D eigenvalue weighted by molar-refractivity contribution is -0.122. The number of nitrogens with one attached hydrogen (secondary N) is 1. The number of carbonyl (C=O) groups is 3. The molecule has 0 spiro atoms. The van der Waals surface area contributed by atoms with Crippen molar-refractivity contribution in [1.29, 1.82) is 0 Å². The first-order valence-corrected chi connectivity index (χ1v) is 9.59. The smallest absolute Gasteiger partial charge is 0.335 e. The first-order valence-electron chi connectivity index (χ1n) is 8.42. The van der Waals surface area contributed by atoms with Crippen molar-refractivity contribution in [3.8, 4) is 5.75 Å². The van der Waals surface area contributed by atoms with Crippen LogP contribution in [0.5, 0.6) is 5.75 Å². The molecule has 0 saturated carbocycles. The second-order valence-electron chi connectivity index (χ2n) is 5.96. The van der Waals surface area contributed by atoms with Crippen LogP contribution in [0.1, 0.15) is 18.1 Å². The molecule has 1 fully saturated rings. The van der Waals surface area contributed by atoms with Gasteiger partial charge in [0.1, 0.15) is 11.3 Å². The van der Waals surface area contributed by atoms with Crippen molar-refractivity contribution in [3.05, 3.63) is 62.6 Å². The first-order chi connectivity index (χ1) is 13.3. The largest absolute Gasteiger partial charge is 0.493 e. The SMILES string of the molecule is CCOc1ccc(/C=C2\C(=O)NC(=O)N(c3cccc(Cl)c3C)C2=O)cc1Br. The van der Waals surface area contributed by atoms with E-state index >= 15 is 0 Å². The van der Waals surface area contributed by atoms with Crippen molar-refractivity contribution in [2.75, 3.05) is 11.5 Å². The molecule has 1 N–H and O–H groups in total. The molecular weight excluding hydrogens is 448 g/mol. The number of benzene rings is 2. The number of barbiturate groups is 1. The van der Waals surface area contributed by atoms with E-state index in [1.165, 1.54) is 6.08 Å². The van der Waals surface area contributed by atoms with Crippen LogP contribution >= 0.6 is 27.5 Å². The summed E-state index contributed by atoms with van der Waals surface area (Å²) >= 11 is 9.51. The monoisotopic (exact) mass is 462 g/mol. The van der Waals surface area contributed by atoms with Crippen LogP contribution in [0.15, 0.2) is 46.4 Å². The topological polar surface area (TPSA) is 75.7 Å². The van der Waals surface area contributed by atoms with Gasteiger partial charge in [-0.3, -0.25) is 14.9 Å². The van der Waals surface area contributed by atoms with Crippen LogP contribution in [0.3, 0.4) is 0 Å². The van der Waals surface area contributed by atoms with Crippen molar-refractivity contribution in [2.24, 2.45) is 0 Å². The zero-order valence-electron chi connectivity index (χ0n) is 15.1. The van der Waals surface area contributed by atoms with E-state index in [1.54, 1.807) is 43.3 Å².